The van der Waals surface area contributed by atoms with Gasteiger partial charge in [-0.15, -0.1) is 0 Å². The van der Waals surface area contributed by atoms with Crippen LogP contribution in [-0.2, 0) is 14.8 Å². The van der Waals surface area contributed by atoms with E-state index in [0.717, 1.165) is 25.9 Å². The first kappa shape index (κ1) is 14.8. The summed E-state index contributed by atoms with van der Waals surface area (Å²) in [5.41, 5.74) is 0. The van der Waals surface area contributed by atoms with E-state index in [4.69, 9.17) is 14.6 Å². The highest BCUT2D eigenvalue weighted by Crippen LogP contribution is 2.28. The van der Waals surface area contributed by atoms with Crippen LogP contribution in [0.1, 0.15) is 19.3 Å². The lowest BCUT2D eigenvalue weighted by molar-refractivity contribution is -0.0112. The molecule has 1 heterocycles. The predicted molar refractivity (Wildman–Crippen MR) is 74.6 cm³/mol. The second kappa shape index (κ2) is 6.21. The normalized spacial score (nSPS) is 20.2. The van der Waals surface area contributed by atoms with Gasteiger partial charge in [0, 0.05) is 6.61 Å². The lowest BCUT2D eigenvalue weighted by Crippen LogP contribution is -2.25. The van der Waals surface area contributed by atoms with E-state index in [1.807, 2.05) is 0 Å². The van der Waals surface area contributed by atoms with Crippen molar-refractivity contribution in [1.82, 2.24) is 0 Å². The van der Waals surface area contributed by atoms with Gasteiger partial charge in [-0.1, -0.05) is 0 Å². The minimum Gasteiger partial charge on any atom is -0.490 e. The second-order valence-electron chi connectivity index (χ2n) is 4.44. The van der Waals surface area contributed by atoms with Crippen molar-refractivity contribution in [2.45, 2.75) is 30.3 Å². The number of sulfonamides is 1. The topological polar surface area (TPSA) is 78.6 Å². The molecular weight excluding hydrogens is 334 g/mol. The highest BCUT2D eigenvalue weighted by Gasteiger charge is 2.16. The Kier molecular flexibility index (Phi) is 4.83. The fourth-order valence-electron chi connectivity index (χ4n) is 1.90. The van der Waals surface area contributed by atoms with Gasteiger partial charge in [0.15, 0.2) is 0 Å². The van der Waals surface area contributed by atoms with Crippen LogP contribution in [0.4, 0.5) is 0 Å². The molecule has 0 amide bonds. The van der Waals surface area contributed by atoms with Crippen molar-refractivity contribution in [1.29, 1.82) is 0 Å². The summed E-state index contributed by atoms with van der Waals surface area (Å²) in [4.78, 5) is 0.0561. The maximum Gasteiger partial charge on any atom is 0.238 e. The zero-order valence-corrected chi connectivity index (χ0v) is 12.7. The number of nitrogens with two attached hydrogens (primary N) is 1. The number of benzene rings is 1. The van der Waals surface area contributed by atoms with Gasteiger partial charge in [-0.3, -0.25) is 0 Å². The Morgan fingerprint density at radius 2 is 2.21 bits per heavy atom. The van der Waals surface area contributed by atoms with Crippen LogP contribution < -0.4 is 9.88 Å². The maximum absolute atomic E-state index is 11.2. The molecule has 1 unspecified atom stereocenters. The summed E-state index contributed by atoms with van der Waals surface area (Å²) < 4.78 is 34.2. The third kappa shape index (κ3) is 4.17. The van der Waals surface area contributed by atoms with E-state index in [0.29, 0.717) is 16.8 Å². The molecule has 0 spiro atoms. The molecule has 0 aromatic heterocycles. The van der Waals surface area contributed by atoms with E-state index >= 15 is 0 Å². The second-order valence-corrected chi connectivity index (χ2v) is 6.85. The molecule has 2 N–H and O–H groups in total. The third-order valence-corrected chi connectivity index (χ3v) is 4.46. The first-order valence-corrected chi connectivity index (χ1v) is 8.37. The molecule has 1 aliphatic rings. The number of hydrogen-bond donors (Lipinski definition) is 1. The molecule has 1 aromatic rings. The van der Waals surface area contributed by atoms with Crippen molar-refractivity contribution < 1.29 is 17.9 Å². The zero-order valence-electron chi connectivity index (χ0n) is 10.3. The number of halogens is 1. The van der Waals surface area contributed by atoms with Crippen molar-refractivity contribution in [2.75, 3.05) is 13.2 Å². The minimum atomic E-state index is -3.69. The molecule has 19 heavy (non-hydrogen) atoms. The Balaban J connectivity index is 2.01. The van der Waals surface area contributed by atoms with E-state index in [9.17, 15) is 8.42 Å². The molecule has 1 atom stereocenters. The van der Waals surface area contributed by atoms with Crippen LogP contribution in [0.25, 0.3) is 0 Å². The number of rotatable bonds is 4. The van der Waals surface area contributed by atoms with Crippen LogP contribution in [-0.4, -0.2) is 27.7 Å². The first-order valence-electron chi connectivity index (χ1n) is 6.03. The smallest absolute Gasteiger partial charge is 0.238 e. The molecule has 5 nitrogen and oxygen atoms in total. The third-order valence-electron chi connectivity index (χ3n) is 2.93. The van der Waals surface area contributed by atoms with Crippen molar-refractivity contribution in [3.8, 4) is 5.75 Å². The summed E-state index contributed by atoms with van der Waals surface area (Å²) in [7, 11) is -3.69. The average Bonchev–Trinajstić information content (AvgIpc) is 2.37. The first-order chi connectivity index (χ1) is 8.97. The van der Waals surface area contributed by atoms with Gasteiger partial charge >= 0.3 is 0 Å². The Hall–Kier alpha value is -0.630. The number of primary sulfonamides is 1. The largest absolute Gasteiger partial charge is 0.490 e. The van der Waals surface area contributed by atoms with Crippen LogP contribution in [0.15, 0.2) is 27.6 Å². The molecule has 7 heteroatoms. The zero-order chi connectivity index (χ0) is 13.9. The summed E-state index contributed by atoms with van der Waals surface area (Å²) in [6.07, 6.45) is 3.36. The monoisotopic (exact) mass is 349 g/mol. The molecule has 106 valence electrons. The summed E-state index contributed by atoms with van der Waals surface area (Å²) in [6, 6.07) is 4.45. The van der Waals surface area contributed by atoms with Crippen LogP contribution in [0.2, 0.25) is 0 Å². The van der Waals surface area contributed by atoms with Crippen LogP contribution >= 0.6 is 15.9 Å². The fraction of sp³-hybridized carbons (Fsp3) is 0.500. The lowest BCUT2D eigenvalue weighted by atomic mass is 10.1. The Labute approximate surface area is 121 Å². The van der Waals surface area contributed by atoms with E-state index in [1.165, 1.54) is 12.1 Å². The van der Waals surface area contributed by atoms with Gasteiger partial charge in [0.25, 0.3) is 0 Å². The Bertz CT molecular complexity index is 541. The summed E-state index contributed by atoms with van der Waals surface area (Å²) >= 11 is 3.28. The minimum absolute atomic E-state index is 0.0561. The van der Waals surface area contributed by atoms with Gasteiger partial charge in [0.1, 0.15) is 12.4 Å². The molecule has 1 saturated heterocycles. The molecular formula is C12H16BrNO4S. The quantitative estimate of drug-likeness (QED) is 0.901. The summed E-state index contributed by atoms with van der Waals surface area (Å²) in [5, 5.41) is 5.06. The molecule has 1 fully saturated rings. The molecule has 0 aliphatic carbocycles. The SMILES string of the molecule is NS(=O)(=O)c1ccc(OCC2CCCCO2)c(Br)c1. The molecule has 2 rings (SSSR count). The fourth-order valence-corrected chi connectivity index (χ4v) is 3.08. The highest BCUT2D eigenvalue weighted by atomic mass is 79.9. The van der Waals surface area contributed by atoms with Crippen molar-refractivity contribution in [2.24, 2.45) is 5.14 Å². The summed E-state index contributed by atoms with van der Waals surface area (Å²) in [6.45, 7) is 1.24. The van der Waals surface area contributed by atoms with Gasteiger partial charge in [-0.2, -0.15) is 0 Å². The summed E-state index contributed by atoms with van der Waals surface area (Å²) in [5.74, 6) is 0.585. The van der Waals surface area contributed by atoms with E-state index in [2.05, 4.69) is 15.9 Å². The van der Waals surface area contributed by atoms with Crippen molar-refractivity contribution in [3.63, 3.8) is 0 Å². The van der Waals surface area contributed by atoms with Crippen LogP contribution in [0.3, 0.4) is 0 Å². The van der Waals surface area contributed by atoms with Gasteiger partial charge in [0.05, 0.1) is 15.5 Å². The number of hydrogen-bond acceptors (Lipinski definition) is 4. The van der Waals surface area contributed by atoms with E-state index in [-0.39, 0.29) is 11.0 Å². The molecule has 0 radical (unpaired) electrons. The van der Waals surface area contributed by atoms with Gasteiger partial charge in [-0.25, -0.2) is 13.6 Å². The van der Waals surface area contributed by atoms with Crippen LogP contribution in [0, 0.1) is 0 Å². The van der Waals surface area contributed by atoms with Crippen molar-refractivity contribution >= 4 is 26.0 Å². The van der Waals surface area contributed by atoms with E-state index in [1.54, 1.807) is 6.07 Å². The van der Waals surface area contributed by atoms with Crippen LogP contribution in [0.5, 0.6) is 5.75 Å². The Morgan fingerprint density at radius 3 is 2.79 bits per heavy atom. The van der Waals surface area contributed by atoms with Gasteiger partial charge < -0.3 is 9.47 Å². The molecule has 0 bridgehead atoms. The highest BCUT2D eigenvalue weighted by molar-refractivity contribution is 9.10. The Morgan fingerprint density at radius 1 is 1.42 bits per heavy atom. The van der Waals surface area contributed by atoms with Crippen molar-refractivity contribution in [3.05, 3.63) is 22.7 Å². The molecule has 1 aliphatic heterocycles. The average molecular weight is 350 g/mol. The number of ether oxygens (including phenoxy) is 2. The molecule has 1 aromatic carbocycles. The van der Waals surface area contributed by atoms with Gasteiger partial charge in [-0.05, 0) is 53.4 Å². The predicted octanol–water partition coefficient (Wildman–Crippen LogP) is 2.04. The lowest BCUT2D eigenvalue weighted by Gasteiger charge is -2.22. The van der Waals surface area contributed by atoms with E-state index < -0.39 is 10.0 Å². The maximum atomic E-state index is 11.2. The molecule has 0 saturated carbocycles. The van der Waals surface area contributed by atoms with Gasteiger partial charge in [0.2, 0.25) is 10.0 Å². The standard InChI is InChI=1S/C12H16BrNO4S/c13-11-7-10(19(14,15)16)4-5-12(11)18-8-9-3-1-2-6-17-9/h4-5,7,9H,1-3,6,8H2,(H2,14,15,16).